The molecule has 0 amide bonds. The van der Waals surface area contributed by atoms with Crippen LogP contribution in [-0.2, 0) is 18.2 Å². The van der Waals surface area contributed by atoms with E-state index in [1.165, 1.54) is 0 Å². The molecule has 1 nitrogen and oxygen atoms in total. The zero-order chi connectivity index (χ0) is 13.4. The minimum absolute atomic E-state index is 0.300. The Morgan fingerprint density at radius 1 is 0.941 bits per heavy atom. The molecule has 0 unspecified atom stereocenters. The van der Waals surface area contributed by atoms with E-state index in [9.17, 15) is 26.3 Å². The minimum Gasteiger partial charge on any atom is -0.398 e. The Bertz CT molecular complexity index is 423. The second kappa shape index (κ2) is 4.29. The Balaban J connectivity index is 3.49. The molecule has 0 aliphatic carbocycles. The molecule has 0 spiro atoms. The maximum absolute atomic E-state index is 12.4. The summed E-state index contributed by atoms with van der Waals surface area (Å²) in [6.45, 7) is 0. The predicted octanol–water partition coefficient (Wildman–Crippen LogP) is 4.05. The molecule has 0 aliphatic rings. The Kier molecular flexibility index (Phi) is 3.52. The summed E-state index contributed by atoms with van der Waals surface area (Å²) in [5.74, 6) is -0.745. The zero-order valence-corrected chi connectivity index (χ0v) is 8.84. The maximum Gasteiger partial charge on any atom is 0.418 e. The number of rotatable bonds is 1. The van der Waals surface area contributed by atoms with Crippen LogP contribution in [0.5, 0.6) is 0 Å². The number of nitrogens with two attached hydrogens (primary N) is 1. The highest BCUT2D eigenvalue weighted by Gasteiger charge is 2.39. The number of hydrogen-bond acceptors (Lipinski definition) is 1. The molecule has 17 heavy (non-hydrogen) atoms. The topological polar surface area (TPSA) is 26.0 Å². The van der Waals surface area contributed by atoms with Crippen LogP contribution in [0, 0.1) is 0 Å². The van der Waals surface area contributed by atoms with Gasteiger partial charge in [-0.05, 0) is 12.1 Å². The zero-order valence-electron chi connectivity index (χ0n) is 8.08. The van der Waals surface area contributed by atoms with Gasteiger partial charge in [0.15, 0.2) is 0 Å². The van der Waals surface area contributed by atoms with Crippen LogP contribution >= 0.6 is 11.6 Å². The lowest BCUT2D eigenvalue weighted by Gasteiger charge is -2.17. The monoisotopic (exact) mass is 277 g/mol. The molecular weight excluding hydrogens is 272 g/mol. The third-order valence-electron chi connectivity index (χ3n) is 2.10. The van der Waals surface area contributed by atoms with Gasteiger partial charge in [-0.2, -0.15) is 26.3 Å². The van der Waals surface area contributed by atoms with Gasteiger partial charge in [0, 0.05) is 11.3 Å². The molecule has 8 heteroatoms. The van der Waals surface area contributed by atoms with Gasteiger partial charge in [-0.15, -0.1) is 11.6 Å². The van der Waals surface area contributed by atoms with E-state index in [1.807, 2.05) is 0 Å². The second-order valence-electron chi connectivity index (χ2n) is 3.18. The largest absolute Gasteiger partial charge is 0.418 e. The summed E-state index contributed by atoms with van der Waals surface area (Å²) in [5, 5.41) is 0. The van der Waals surface area contributed by atoms with Gasteiger partial charge in [0.25, 0.3) is 0 Å². The summed E-state index contributed by atoms with van der Waals surface area (Å²) in [6, 6.07) is 0.630. The van der Waals surface area contributed by atoms with Crippen molar-refractivity contribution in [3.63, 3.8) is 0 Å². The Morgan fingerprint density at radius 2 is 1.35 bits per heavy atom. The first-order valence-electron chi connectivity index (χ1n) is 4.20. The molecule has 1 rings (SSSR count). The van der Waals surface area contributed by atoms with Crippen molar-refractivity contribution in [1.29, 1.82) is 0 Å². The van der Waals surface area contributed by atoms with Crippen molar-refractivity contribution in [2.75, 3.05) is 5.73 Å². The highest BCUT2D eigenvalue weighted by molar-refractivity contribution is 6.17. The quantitative estimate of drug-likeness (QED) is 0.468. The van der Waals surface area contributed by atoms with E-state index in [2.05, 4.69) is 0 Å². The van der Waals surface area contributed by atoms with Crippen LogP contribution in [-0.4, -0.2) is 0 Å². The second-order valence-corrected chi connectivity index (χ2v) is 3.45. The number of anilines is 1. The van der Waals surface area contributed by atoms with E-state index in [0.717, 1.165) is 0 Å². The number of hydrogen-bond donors (Lipinski definition) is 1. The lowest BCUT2D eigenvalue weighted by Crippen LogP contribution is -2.16. The molecule has 2 N–H and O–H groups in total. The lowest BCUT2D eigenvalue weighted by atomic mass is 10.0. The molecule has 0 heterocycles. The summed E-state index contributed by atoms with van der Waals surface area (Å²) in [4.78, 5) is 0. The summed E-state index contributed by atoms with van der Waals surface area (Å²) in [7, 11) is 0. The molecule has 0 aromatic heterocycles. The summed E-state index contributed by atoms with van der Waals surface area (Å²) >= 11 is 5.22. The molecule has 0 radical (unpaired) electrons. The standard InChI is InChI=1S/C9H6ClF6N/c10-3-4-5(8(11,12)13)1-2-6(7(4)17)9(14,15)16/h1-2H,3,17H2. The van der Waals surface area contributed by atoms with E-state index < -0.39 is 40.6 Å². The molecule has 0 atom stereocenters. The third kappa shape index (κ3) is 2.77. The summed E-state index contributed by atoms with van der Waals surface area (Å²) in [6.07, 6.45) is -9.60. The van der Waals surface area contributed by atoms with E-state index in [-0.39, 0.29) is 0 Å². The normalized spacial score (nSPS) is 12.9. The summed E-state index contributed by atoms with van der Waals surface area (Å²) in [5.41, 5.74) is 0.763. The van der Waals surface area contributed by atoms with Crippen molar-refractivity contribution in [2.24, 2.45) is 0 Å². The minimum atomic E-state index is -4.81. The fourth-order valence-electron chi connectivity index (χ4n) is 1.32. The van der Waals surface area contributed by atoms with Crippen molar-refractivity contribution < 1.29 is 26.3 Å². The van der Waals surface area contributed by atoms with Crippen LogP contribution in [0.2, 0.25) is 0 Å². The van der Waals surface area contributed by atoms with Gasteiger partial charge in [-0.25, -0.2) is 0 Å². The molecule has 0 fully saturated rings. The lowest BCUT2D eigenvalue weighted by molar-refractivity contribution is -0.141. The van der Waals surface area contributed by atoms with E-state index in [0.29, 0.717) is 12.1 Å². The molecule has 96 valence electrons. The van der Waals surface area contributed by atoms with Crippen LogP contribution in [0.1, 0.15) is 16.7 Å². The molecular formula is C9H6ClF6N. The van der Waals surface area contributed by atoms with E-state index in [4.69, 9.17) is 17.3 Å². The van der Waals surface area contributed by atoms with Gasteiger partial charge >= 0.3 is 12.4 Å². The summed E-state index contributed by atoms with van der Waals surface area (Å²) < 4.78 is 74.5. The predicted molar refractivity (Wildman–Crippen MR) is 50.4 cm³/mol. The first-order chi connectivity index (χ1) is 7.59. The highest BCUT2D eigenvalue weighted by atomic mass is 35.5. The van der Waals surface area contributed by atoms with Gasteiger partial charge < -0.3 is 5.73 Å². The number of halogens is 7. The number of benzene rings is 1. The van der Waals surface area contributed by atoms with Crippen molar-refractivity contribution in [2.45, 2.75) is 18.2 Å². The van der Waals surface area contributed by atoms with Crippen molar-refractivity contribution in [3.05, 3.63) is 28.8 Å². The van der Waals surface area contributed by atoms with Crippen LogP contribution < -0.4 is 5.73 Å². The Hall–Kier alpha value is -1.11. The van der Waals surface area contributed by atoms with Gasteiger partial charge in [0.1, 0.15) is 0 Å². The van der Waals surface area contributed by atoms with E-state index >= 15 is 0 Å². The van der Waals surface area contributed by atoms with Crippen molar-refractivity contribution in [1.82, 2.24) is 0 Å². The van der Waals surface area contributed by atoms with Crippen LogP contribution in [0.15, 0.2) is 12.1 Å². The number of nitrogen functional groups attached to an aromatic ring is 1. The Labute approximate surface area is 97.2 Å². The molecule has 0 aliphatic heterocycles. The van der Waals surface area contributed by atoms with E-state index in [1.54, 1.807) is 0 Å². The molecule has 0 saturated carbocycles. The molecule has 0 saturated heterocycles. The van der Waals surface area contributed by atoms with Crippen molar-refractivity contribution in [3.8, 4) is 0 Å². The average molecular weight is 278 g/mol. The number of alkyl halides is 7. The van der Waals surface area contributed by atoms with Gasteiger partial charge in [-0.1, -0.05) is 0 Å². The smallest absolute Gasteiger partial charge is 0.398 e. The SMILES string of the molecule is Nc1c(C(F)(F)F)ccc(C(F)(F)F)c1CCl. The fraction of sp³-hybridized carbons (Fsp3) is 0.333. The van der Waals surface area contributed by atoms with Gasteiger partial charge in [-0.3, -0.25) is 0 Å². The first-order valence-corrected chi connectivity index (χ1v) is 4.74. The van der Waals surface area contributed by atoms with Crippen LogP contribution in [0.4, 0.5) is 32.0 Å². The third-order valence-corrected chi connectivity index (χ3v) is 2.37. The molecule has 1 aromatic carbocycles. The van der Waals surface area contributed by atoms with Crippen LogP contribution in [0.25, 0.3) is 0 Å². The Morgan fingerprint density at radius 3 is 1.71 bits per heavy atom. The fourth-order valence-corrected chi connectivity index (χ4v) is 1.61. The first kappa shape index (κ1) is 14.0. The molecule has 0 bridgehead atoms. The highest BCUT2D eigenvalue weighted by Crippen LogP contribution is 2.41. The average Bonchev–Trinajstić information content (AvgIpc) is 2.13. The van der Waals surface area contributed by atoms with Crippen LogP contribution in [0.3, 0.4) is 0 Å². The van der Waals surface area contributed by atoms with Gasteiger partial charge in [0.05, 0.1) is 17.0 Å². The molecule has 1 aromatic rings. The van der Waals surface area contributed by atoms with Crippen molar-refractivity contribution >= 4 is 17.3 Å². The van der Waals surface area contributed by atoms with Gasteiger partial charge in [0.2, 0.25) is 0 Å². The maximum atomic E-state index is 12.4.